The number of rotatable bonds is 5. The SMILES string of the molecule is CNCc1cnc(CSc2cccc(Cl)c2)nc1. The van der Waals surface area contributed by atoms with Crippen molar-refractivity contribution in [3.8, 4) is 0 Å². The number of hydrogen-bond acceptors (Lipinski definition) is 4. The highest BCUT2D eigenvalue weighted by Crippen LogP contribution is 2.23. The lowest BCUT2D eigenvalue weighted by Gasteiger charge is -2.03. The lowest BCUT2D eigenvalue weighted by Crippen LogP contribution is -2.06. The molecule has 0 aliphatic rings. The van der Waals surface area contributed by atoms with Crippen LogP contribution in [0.2, 0.25) is 5.02 Å². The smallest absolute Gasteiger partial charge is 0.138 e. The van der Waals surface area contributed by atoms with Crippen LogP contribution in [0.3, 0.4) is 0 Å². The first-order valence-electron chi connectivity index (χ1n) is 5.60. The molecule has 3 nitrogen and oxygen atoms in total. The van der Waals surface area contributed by atoms with Gasteiger partial charge in [-0.3, -0.25) is 0 Å². The molecule has 1 aromatic heterocycles. The normalized spacial score (nSPS) is 10.6. The number of benzene rings is 1. The summed E-state index contributed by atoms with van der Waals surface area (Å²) in [4.78, 5) is 9.79. The first-order valence-corrected chi connectivity index (χ1v) is 6.97. The highest BCUT2D eigenvalue weighted by Gasteiger charge is 2.00. The first-order chi connectivity index (χ1) is 8.78. The molecule has 0 saturated heterocycles. The van der Waals surface area contributed by atoms with Gasteiger partial charge in [-0.1, -0.05) is 17.7 Å². The number of halogens is 1. The van der Waals surface area contributed by atoms with Gasteiger partial charge in [0.2, 0.25) is 0 Å². The quantitative estimate of drug-likeness (QED) is 0.854. The summed E-state index contributed by atoms with van der Waals surface area (Å²) in [5.41, 5.74) is 1.09. The van der Waals surface area contributed by atoms with Crippen molar-refractivity contribution >= 4 is 23.4 Å². The third kappa shape index (κ3) is 3.98. The molecule has 0 aliphatic heterocycles. The van der Waals surface area contributed by atoms with Crippen LogP contribution in [0.1, 0.15) is 11.4 Å². The first kappa shape index (κ1) is 13.3. The van der Waals surface area contributed by atoms with E-state index in [1.165, 1.54) is 0 Å². The Balaban J connectivity index is 1.93. The summed E-state index contributed by atoms with van der Waals surface area (Å²) in [6.45, 7) is 0.793. The summed E-state index contributed by atoms with van der Waals surface area (Å²) < 4.78 is 0. The Morgan fingerprint density at radius 3 is 2.72 bits per heavy atom. The number of thioether (sulfide) groups is 1. The minimum atomic E-state index is 0.750. The average Bonchev–Trinajstić information content (AvgIpc) is 2.38. The van der Waals surface area contributed by atoms with Crippen molar-refractivity contribution in [2.45, 2.75) is 17.2 Å². The summed E-state index contributed by atoms with van der Waals surface area (Å²) in [6, 6.07) is 7.80. The predicted molar refractivity (Wildman–Crippen MR) is 75.8 cm³/mol. The van der Waals surface area contributed by atoms with E-state index >= 15 is 0 Å². The number of aromatic nitrogens is 2. The van der Waals surface area contributed by atoms with Crippen molar-refractivity contribution in [1.82, 2.24) is 15.3 Å². The second-order valence-corrected chi connectivity index (χ2v) is 5.27. The van der Waals surface area contributed by atoms with Crippen molar-refractivity contribution in [3.05, 3.63) is 53.1 Å². The molecule has 0 unspecified atom stereocenters. The predicted octanol–water partition coefficient (Wildman–Crippen LogP) is 3.14. The van der Waals surface area contributed by atoms with E-state index < -0.39 is 0 Å². The molecule has 0 radical (unpaired) electrons. The van der Waals surface area contributed by atoms with Crippen LogP contribution in [0, 0.1) is 0 Å². The number of nitrogens with one attached hydrogen (secondary N) is 1. The zero-order chi connectivity index (χ0) is 12.8. The van der Waals surface area contributed by atoms with Gasteiger partial charge in [0.1, 0.15) is 5.82 Å². The molecule has 0 saturated carbocycles. The summed E-state index contributed by atoms with van der Waals surface area (Å²) in [7, 11) is 1.91. The summed E-state index contributed by atoms with van der Waals surface area (Å²) in [6.07, 6.45) is 3.72. The number of nitrogens with zero attached hydrogens (tertiary/aromatic N) is 2. The van der Waals surface area contributed by atoms with E-state index in [-0.39, 0.29) is 0 Å². The zero-order valence-corrected chi connectivity index (χ0v) is 11.6. The van der Waals surface area contributed by atoms with Crippen molar-refractivity contribution in [2.75, 3.05) is 7.05 Å². The minimum Gasteiger partial charge on any atom is -0.316 e. The largest absolute Gasteiger partial charge is 0.316 e. The monoisotopic (exact) mass is 279 g/mol. The van der Waals surface area contributed by atoms with Gasteiger partial charge in [0.05, 0.1) is 5.75 Å². The highest BCUT2D eigenvalue weighted by atomic mass is 35.5. The molecule has 2 rings (SSSR count). The lowest BCUT2D eigenvalue weighted by molar-refractivity contribution is 0.801. The second-order valence-electron chi connectivity index (χ2n) is 3.78. The van der Waals surface area contributed by atoms with Gasteiger partial charge in [0, 0.05) is 34.4 Å². The van der Waals surface area contributed by atoms with Crippen LogP contribution < -0.4 is 5.32 Å². The van der Waals surface area contributed by atoms with E-state index in [1.807, 2.05) is 43.7 Å². The molecular weight excluding hydrogens is 266 g/mol. The topological polar surface area (TPSA) is 37.8 Å². The molecule has 1 aromatic carbocycles. The van der Waals surface area contributed by atoms with Gasteiger partial charge in [0.15, 0.2) is 0 Å². The zero-order valence-electron chi connectivity index (χ0n) is 10.1. The molecule has 5 heteroatoms. The Morgan fingerprint density at radius 2 is 2.06 bits per heavy atom. The Hall–Kier alpha value is -1.10. The summed E-state index contributed by atoms with van der Waals surface area (Å²) >= 11 is 7.61. The van der Waals surface area contributed by atoms with Gasteiger partial charge in [0.25, 0.3) is 0 Å². The fourth-order valence-corrected chi connectivity index (χ4v) is 2.54. The van der Waals surface area contributed by atoms with Crippen LogP contribution in [-0.4, -0.2) is 17.0 Å². The van der Waals surface area contributed by atoms with Crippen LogP contribution in [0.15, 0.2) is 41.6 Å². The van der Waals surface area contributed by atoms with Gasteiger partial charge in [-0.2, -0.15) is 0 Å². The minimum absolute atomic E-state index is 0.750. The maximum Gasteiger partial charge on any atom is 0.138 e. The molecule has 0 fully saturated rings. The third-order valence-electron chi connectivity index (χ3n) is 2.30. The molecule has 1 heterocycles. The summed E-state index contributed by atoms with van der Waals surface area (Å²) in [5.74, 6) is 1.58. The van der Waals surface area contributed by atoms with E-state index in [0.29, 0.717) is 0 Å². The maximum absolute atomic E-state index is 5.93. The van der Waals surface area contributed by atoms with Crippen LogP contribution in [0.25, 0.3) is 0 Å². The van der Waals surface area contributed by atoms with Crippen molar-refractivity contribution in [1.29, 1.82) is 0 Å². The molecule has 0 aliphatic carbocycles. The average molecular weight is 280 g/mol. The van der Waals surface area contributed by atoms with Gasteiger partial charge in [-0.15, -0.1) is 11.8 Å². The Labute approximate surface area is 116 Å². The maximum atomic E-state index is 5.93. The molecule has 0 atom stereocenters. The van der Waals surface area contributed by atoms with Crippen LogP contribution in [0.4, 0.5) is 0 Å². The third-order valence-corrected chi connectivity index (χ3v) is 3.53. The molecule has 0 spiro atoms. The van der Waals surface area contributed by atoms with E-state index in [4.69, 9.17) is 11.6 Å². The number of hydrogen-bond donors (Lipinski definition) is 1. The fraction of sp³-hybridized carbons (Fsp3) is 0.231. The van der Waals surface area contributed by atoms with E-state index in [2.05, 4.69) is 15.3 Å². The van der Waals surface area contributed by atoms with Gasteiger partial charge in [-0.25, -0.2) is 9.97 Å². The fourth-order valence-electron chi connectivity index (χ4n) is 1.46. The van der Waals surface area contributed by atoms with Crippen LogP contribution in [-0.2, 0) is 12.3 Å². The molecule has 0 amide bonds. The molecule has 2 aromatic rings. The van der Waals surface area contributed by atoms with Crippen molar-refractivity contribution in [2.24, 2.45) is 0 Å². The van der Waals surface area contributed by atoms with Crippen molar-refractivity contribution in [3.63, 3.8) is 0 Å². The second kappa shape index (κ2) is 6.73. The molecule has 94 valence electrons. The Kier molecular flexibility index (Phi) is 4.99. The van der Waals surface area contributed by atoms with Gasteiger partial charge < -0.3 is 5.32 Å². The van der Waals surface area contributed by atoms with Gasteiger partial charge >= 0.3 is 0 Å². The molecule has 1 N–H and O–H groups in total. The van der Waals surface area contributed by atoms with Gasteiger partial charge in [-0.05, 0) is 25.2 Å². The van der Waals surface area contributed by atoms with E-state index in [1.54, 1.807) is 11.8 Å². The van der Waals surface area contributed by atoms with Crippen LogP contribution >= 0.6 is 23.4 Å². The standard InChI is InChI=1S/C13H14ClN3S/c1-15-6-10-7-16-13(17-8-10)9-18-12-4-2-3-11(14)5-12/h2-5,7-8,15H,6,9H2,1H3. The summed E-state index contributed by atoms with van der Waals surface area (Å²) in [5, 5.41) is 3.82. The molecular formula is C13H14ClN3S. The molecule has 0 bridgehead atoms. The van der Waals surface area contributed by atoms with Crippen molar-refractivity contribution < 1.29 is 0 Å². The van der Waals surface area contributed by atoms with Crippen LogP contribution in [0.5, 0.6) is 0 Å². The highest BCUT2D eigenvalue weighted by molar-refractivity contribution is 7.98. The van der Waals surface area contributed by atoms with E-state index in [0.717, 1.165) is 33.6 Å². The Morgan fingerprint density at radius 1 is 1.28 bits per heavy atom. The lowest BCUT2D eigenvalue weighted by atomic mass is 10.3. The molecule has 18 heavy (non-hydrogen) atoms. The van der Waals surface area contributed by atoms with E-state index in [9.17, 15) is 0 Å². The Bertz CT molecular complexity index is 502.